The fourth-order valence-electron chi connectivity index (χ4n) is 1.83. The van der Waals surface area contributed by atoms with Gasteiger partial charge < -0.3 is 10.4 Å². The van der Waals surface area contributed by atoms with Gasteiger partial charge in [-0.1, -0.05) is 23.7 Å². The number of phenolic OH excluding ortho intramolecular Hbond substituents is 1. The van der Waals surface area contributed by atoms with E-state index in [1.807, 2.05) is 0 Å². The summed E-state index contributed by atoms with van der Waals surface area (Å²) in [6.07, 6.45) is 1.54. The third-order valence-electron chi connectivity index (χ3n) is 3.05. The minimum absolute atomic E-state index is 0.0864. The van der Waals surface area contributed by atoms with Crippen LogP contribution < -0.4 is 10.7 Å². The Labute approximate surface area is 144 Å². The van der Waals surface area contributed by atoms with Gasteiger partial charge in [0.2, 0.25) is 5.91 Å². The van der Waals surface area contributed by atoms with Gasteiger partial charge >= 0.3 is 0 Å². The molecule has 0 aromatic heterocycles. The van der Waals surface area contributed by atoms with Crippen LogP contribution in [0.15, 0.2) is 53.6 Å². The maximum absolute atomic E-state index is 11.9. The van der Waals surface area contributed by atoms with Crippen molar-refractivity contribution in [1.82, 2.24) is 10.7 Å². The summed E-state index contributed by atoms with van der Waals surface area (Å²) in [5, 5.41) is 15.9. The van der Waals surface area contributed by atoms with Gasteiger partial charge in [-0.15, -0.1) is 0 Å². The first-order chi connectivity index (χ1) is 11.6. The lowest BCUT2D eigenvalue weighted by Crippen LogP contribution is -2.29. The molecule has 2 rings (SSSR count). The van der Waals surface area contributed by atoms with E-state index in [1.165, 1.54) is 18.3 Å². The van der Waals surface area contributed by atoms with Crippen LogP contribution in [0.4, 0.5) is 0 Å². The molecule has 0 heterocycles. The van der Waals surface area contributed by atoms with Gasteiger partial charge in [0, 0.05) is 13.0 Å². The predicted molar refractivity (Wildman–Crippen MR) is 92.2 cm³/mol. The number of rotatable bonds is 6. The number of benzene rings is 2. The van der Waals surface area contributed by atoms with Gasteiger partial charge in [0.1, 0.15) is 5.75 Å². The van der Waals surface area contributed by atoms with Crippen LogP contribution in [0.25, 0.3) is 0 Å². The van der Waals surface area contributed by atoms with E-state index < -0.39 is 0 Å². The summed E-state index contributed by atoms with van der Waals surface area (Å²) in [4.78, 5) is 23.5. The van der Waals surface area contributed by atoms with Crippen molar-refractivity contribution in [3.05, 3.63) is 64.7 Å². The molecule has 0 radical (unpaired) electrons. The topological polar surface area (TPSA) is 90.8 Å². The summed E-state index contributed by atoms with van der Waals surface area (Å²) in [6.45, 7) is 0.171. The lowest BCUT2D eigenvalue weighted by Gasteiger charge is -2.06. The molecule has 0 atom stereocenters. The molecular weight excluding hydrogens is 330 g/mol. The first-order valence-corrected chi connectivity index (χ1v) is 7.58. The molecule has 0 aliphatic heterocycles. The van der Waals surface area contributed by atoms with Gasteiger partial charge in [0.25, 0.3) is 5.91 Å². The fourth-order valence-corrected chi connectivity index (χ4v) is 2.05. The van der Waals surface area contributed by atoms with Crippen LogP contribution >= 0.6 is 11.6 Å². The number of nitrogens with zero attached hydrogens (tertiary/aromatic N) is 1. The molecule has 3 N–H and O–H groups in total. The molecule has 0 saturated heterocycles. The van der Waals surface area contributed by atoms with Gasteiger partial charge in [-0.2, -0.15) is 5.10 Å². The largest absolute Gasteiger partial charge is 0.508 e. The Morgan fingerprint density at radius 3 is 2.54 bits per heavy atom. The molecule has 0 aliphatic carbocycles. The Balaban J connectivity index is 1.72. The molecule has 0 aliphatic rings. The van der Waals surface area contributed by atoms with E-state index in [4.69, 9.17) is 16.7 Å². The number of halogens is 1. The fraction of sp³-hybridized carbons (Fsp3) is 0.118. The molecule has 2 amide bonds. The summed E-state index contributed by atoms with van der Waals surface area (Å²) in [5.74, 6) is -0.504. The second-order valence-corrected chi connectivity index (χ2v) is 5.28. The Morgan fingerprint density at radius 2 is 1.83 bits per heavy atom. The van der Waals surface area contributed by atoms with Crippen LogP contribution in [0.1, 0.15) is 22.3 Å². The molecule has 2 aromatic rings. The highest BCUT2D eigenvalue weighted by molar-refractivity contribution is 6.33. The average molecular weight is 346 g/mol. The van der Waals surface area contributed by atoms with Crippen molar-refractivity contribution >= 4 is 29.6 Å². The summed E-state index contributed by atoms with van der Waals surface area (Å²) in [5.41, 5.74) is 3.46. The smallest absolute Gasteiger partial charge is 0.252 e. The molecule has 0 unspecified atom stereocenters. The van der Waals surface area contributed by atoms with Crippen molar-refractivity contribution in [3.8, 4) is 5.75 Å². The number of carbonyl (C=O) groups is 2. The zero-order valence-electron chi connectivity index (χ0n) is 12.7. The van der Waals surface area contributed by atoms with E-state index in [1.54, 1.807) is 36.4 Å². The monoisotopic (exact) mass is 345 g/mol. The molecule has 24 heavy (non-hydrogen) atoms. The van der Waals surface area contributed by atoms with Crippen molar-refractivity contribution in [2.75, 3.05) is 6.54 Å². The maximum atomic E-state index is 11.9. The zero-order valence-corrected chi connectivity index (χ0v) is 13.5. The molecule has 0 spiro atoms. The van der Waals surface area contributed by atoms with Gasteiger partial charge in [-0.25, -0.2) is 5.43 Å². The van der Waals surface area contributed by atoms with Gasteiger partial charge in [-0.3, -0.25) is 9.59 Å². The van der Waals surface area contributed by atoms with Crippen LogP contribution in [0, 0.1) is 0 Å². The Hall–Kier alpha value is -2.86. The quantitative estimate of drug-likeness (QED) is 0.554. The van der Waals surface area contributed by atoms with E-state index >= 15 is 0 Å². The summed E-state index contributed by atoms with van der Waals surface area (Å²) >= 11 is 5.92. The molecule has 124 valence electrons. The first kappa shape index (κ1) is 17.5. The minimum atomic E-state index is -0.332. The second-order valence-electron chi connectivity index (χ2n) is 4.87. The van der Waals surface area contributed by atoms with Gasteiger partial charge in [-0.05, 0) is 42.0 Å². The number of aromatic hydroxyl groups is 1. The first-order valence-electron chi connectivity index (χ1n) is 7.20. The van der Waals surface area contributed by atoms with Gasteiger partial charge in [0.15, 0.2) is 0 Å². The molecule has 0 bridgehead atoms. The molecule has 0 fully saturated rings. The highest BCUT2D eigenvalue weighted by Gasteiger charge is 2.09. The Bertz CT molecular complexity index is 745. The predicted octanol–water partition coefficient (Wildman–Crippen LogP) is 2.32. The molecular formula is C17H16ClN3O3. The Morgan fingerprint density at radius 1 is 1.12 bits per heavy atom. The molecule has 7 heteroatoms. The normalized spacial score (nSPS) is 10.5. The maximum Gasteiger partial charge on any atom is 0.252 e. The van der Waals surface area contributed by atoms with Crippen LogP contribution in [-0.2, 0) is 4.79 Å². The van der Waals surface area contributed by atoms with Crippen LogP contribution in [-0.4, -0.2) is 29.7 Å². The van der Waals surface area contributed by atoms with E-state index in [-0.39, 0.29) is 30.5 Å². The second kappa shape index (κ2) is 8.69. The lowest BCUT2D eigenvalue weighted by atomic mass is 10.2. The molecule has 0 saturated carbocycles. The van der Waals surface area contributed by atoms with E-state index in [9.17, 15) is 9.59 Å². The third-order valence-corrected chi connectivity index (χ3v) is 3.38. The van der Waals surface area contributed by atoms with Crippen LogP contribution in [0.5, 0.6) is 5.75 Å². The van der Waals surface area contributed by atoms with Crippen molar-refractivity contribution in [3.63, 3.8) is 0 Å². The lowest BCUT2D eigenvalue weighted by molar-refractivity contribution is -0.120. The molecule has 2 aromatic carbocycles. The number of hydrogen-bond acceptors (Lipinski definition) is 4. The minimum Gasteiger partial charge on any atom is -0.508 e. The standard InChI is InChI=1S/C17H16ClN3O3/c18-15-4-2-1-3-14(15)17(24)19-10-9-16(23)21-20-11-12-5-7-13(22)8-6-12/h1-8,11,22H,9-10H2,(H,19,24)(H,21,23)/b20-11+. The number of nitrogens with one attached hydrogen (secondary N) is 2. The number of phenols is 1. The van der Waals surface area contributed by atoms with Crippen molar-refractivity contribution in [1.29, 1.82) is 0 Å². The highest BCUT2D eigenvalue weighted by Crippen LogP contribution is 2.14. The third kappa shape index (κ3) is 5.40. The summed E-state index contributed by atoms with van der Waals surface area (Å²) < 4.78 is 0. The van der Waals surface area contributed by atoms with E-state index in [0.717, 1.165) is 5.56 Å². The van der Waals surface area contributed by atoms with Gasteiger partial charge in [0.05, 0.1) is 16.8 Å². The Kier molecular flexibility index (Phi) is 6.33. The van der Waals surface area contributed by atoms with Crippen LogP contribution in [0.2, 0.25) is 5.02 Å². The van der Waals surface area contributed by atoms with E-state index in [0.29, 0.717) is 10.6 Å². The van der Waals surface area contributed by atoms with Crippen molar-refractivity contribution < 1.29 is 14.7 Å². The summed E-state index contributed by atoms with van der Waals surface area (Å²) in [6, 6.07) is 13.1. The molecule has 6 nitrogen and oxygen atoms in total. The number of amides is 2. The van der Waals surface area contributed by atoms with Crippen LogP contribution in [0.3, 0.4) is 0 Å². The number of carbonyl (C=O) groups excluding carboxylic acids is 2. The van der Waals surface area contributed by atoms with E-state index in [2.05, 4.69) is 15.8 Å². The highest BCUT2D eigenvalue weighted by atomic mass is 35.5. The SMILES string of the molecule is O=C(CCNC(=O)c1ccccc1Cl)N/N=C/c1ccc(O)cc1. The number of hydrogen-bond donors (Lipinski definition) is 3. The zero-order chi connectivity index (χ0) is 17.4. The summed E-state index contributed by atoms with van der Waals surface area (Å²) in [7, 11) is 0. The number of hydrazone groups is 1. The average Bonchev–Trinajstić information content (AvgIpc) is 2.57. The van der Waals surface area contributed by atoms with Crippen molar-refractivity contribution in [2.45, 2.75) is 6.42 Å². The van der Waals surface area contributed by atoms with Crippen molar-refractivity contribution in [2.24, 2.45) is 5.10 Å².